The Morgan fingerprint density at radius 3 is 2.56 bits per heavy atom. The zero-order valence-electron chi connectivity index (χ0n) is 10.8. The molecule has 0 amide bonds. The van der Waals surface area contributed by atoms with Crippen LogP contribution in [-0.4, -0.2) is 0 Å². The Hall–Kier alpha value is -1.12. The lowest BCUT2D eigenvalue weighted by atomic mass is 9.97. The van der Waals surface area contributed by atoms with Crippen LogP contribution in [0.25, 0.3) is 0 Å². The summed E-state index contributed by atoms with van der Waals surface area (Å²) in [5.41, 5.74) is 11.3. The summed E-state index contributed by atoms with van der Waals surface area (Å²) in [5.74, 6) is 0. The average molecular weight is 304 g/mol. The Bertz CT molecular complexity index is 549. The van der Waals surface area contributed by atoms with Gasteiger partial charge in [0.15, 0.2) is 0 Å². The molecule has 0 radical (unpaired) electrons. The van der Waals surface area contributed by atoms with Gasteiger partial charge >= 0.3 is 0 Å². The standard InChI is InChI=1S/C16H18BrN/c1-11-5-3-7-13(9-11)10-15(18)14-8-4-6-12(2)16(14)17/h3-9,15H,10,18H2,1-2H3. The van der Waals surface area contributed by atoms with E-state index in [1.54, 1.807) is 0 Å². The average Bonchev–Trinajstić information content (AvgIpc) is 2.32. The fourth-order valence-electron chi connectivity index (χ4n) is 2.16. The molecule has 2 aromatic carbocycles. The molecular formula is C16H18BrN. The van der Waals surface area contributed by atoms with Crippen molar-refractivity contribution < 1.29 is 0 Å². The lowest BCUT2D eigenvalue weighted by molar-refractivity contribution is 0.717. The van der Waals surface area contributed by atoms with E-state index in [2.05, 4.69) is 72.2 Å². The number of hydrogen-bond acceptors (Lipinski definition) is 1. The Balaban J connectivity index is 2.22. The Morgan fingerprint density at radius 1 is 1.11 bits per heavy atom. The van der Waals surface area contributed by atoms with E-state index < -0.39 is 0 Å². The van der Waals surface area contributed by atoms with Gasteiger partial charge in [0.2, 0.25) is 0 Å². The minimum Gasteiger partial charge on any atom is -0.324 e. The van der Waals surface area contributed by atoms with Gasteiger partial charge in [0.25, 0.3) is 0 Å². The highest BCUT2D eigenvalue weighted by Gasteiger charge is 2.11. The second kappa shape index (κ2) is 5.68. The molecule has 1 atom stereocenters. The van der Waals surface area contributed by atoms with Crippen LogP contribution in [0.4, 0.5) is 0 Å². The molecule has 0 aliphatic carbocycles. The molecule has 2 aromatic rings. The zero-order valence-corrected chi connectivity index (χ0v) is 12.4. The molecule has 0 aromatic heterocycles. The normalized spacial score (nSPS) is 12.4. The quantitative estimate of drug-likeness (QED) is 0.898. The summed E-state index contributed by atoms with van der Waals surface area (Å²) >= 11 is 3.63. The van der Waals surface area contributed by atoms with E-state index in [0.717, 1.165) is 10.9 Å². The van der Waals surface area contributed by atoms with Gasteiger partial charge in [0.1, 0.15) is 0 Å². The highest BCUT2D eigenvalue weighted by atomic mass is 79.9. The van der Waals surface area contributed by atoms with Crippen molar-refractivity contribution in [3.63, 3.8) is 0 Å². The van der Waals surface area contributed by atoms with Crippen LogP contribution < -0.4 is 5.73 Å². The van der Waals surface area contributed by atoms with Crippen molar-refractivity contribution in [1.82, 2.24) is 0 Å². The molecule has 1 nitrogen and oxygen atoms in total. The van der Waals surface area contributed by atoms with Crippen LogP contribution in [0.3, 0.4) is 0 Å². The zero-order chi connectivity index (χ0) is 13.1. The molecule has 0 aliphatic heterocycles. The number of benzene rings is 2. The van der Waals surface area contributed by atoms with E-state index in [0.29, 0.717) is 0 Å². The molecule has 0 fully saturated rings. The van der Waals surface area contributed by atoms with Crippen LogP contribution in [0, 0.1) is 13.8 Å². The predicted octanol–water partition coefficient (Wildman–Crippen LogP) is 4.31. The second-order valence-corrected chi connectivity index (χ2v) is 5.57. The smallest absolute Gasteiger partial charge is 0.0347 e. The summed E-state index contributed by atoms with van der Waals surface area (Å²) in [4.78, 5) is 0. The maximum absolute atomic E-state index is 6.32. The molecular weight excluding hydrogens is 286 g/mol. The van der Waals surface area contributed by atoms with E-state index in [1.807, 2.05) is 0 Å². The highest BCUT2D eigenvalue weighted by Crippen LogP contribution is 2.27. The Labute approximate surface area is 117 Å². The predicted molar refractivity (Wildman–Crippen MR) is 80.7 cm³/mol. The van der Waals surface area contributed by atoms with E-state index in [1.165, 1.54) is 22.3 Å². The first-order valence-corrected chi connectivity index (χ1v) is 6.93. The Kier molecular flexibility index (Phi) is 4.20. The molecule has 0 saturated heterocycles. The van der Waals surface area contributed by atoms with Gasteiger partial charge < -0.3 is 5.73 Å². The first kappa shape index (κ1) is 13.3. The van der Waals surface area contributed by atoms with Gasteiger partial charge in [0.05, 0.1) is 0 Å². The number of hydrogen-bond donors (Lipinski definition) is 1. The monoisotopic (exact) mass is 303 g/mol. The van der Waals surface area contributed by atoms with Crippen molar-refractivity contribution in [1.29, 1.82) is 0 Å². The summed E-state index contributed by atoms with van der Waals surface area (Å²) in [6, 6.07) is 14.8. The fourth-order valence-corrected chi connectivity index (χ4v) is 2.72. The molecule has 94 valence electrons. The minimum atomic E-state index is 0.0288. The lowest BCUT2D eigenvalue weighted by Gasteiger charge is -2.15. The second-order valence-electron chi connectivity index (χ2n) is 4.78. The van der Waals surface area contributed by atoms with Crippen LogP contribution in [0.2, 0.25) is 0 Å². The largest absolute Gasteiger partial charge is 0.324 e. The van der Waals surface area contributed by atoms with E-state index in [9.17, 15) is 0 Å². The Morgan fingerprint density at radius 2 is 1.83 bits per heavy atom. The van der Waals surface area contributed by atoms with Gasteiger partial charge in [-0.25, -0.2) is 0 Å². The maximum Gasteiger partial charge on any atom is 0.0347 e. The van der Waals surface area contributed by atoms with Crippen molar-refractivity contribution >= 4 is 15.9 Å². The highest BCUT2D eigenvalue weighted by molar-refractivity contribution is 9.10. The van der Waals surface area contributed by atoms with Crippen LogP contribution in [0.15, 0.2) is 46.9 Å². The van der Waals surface area contributed by atoms with Gasteiger partial charge in [0, 0.05) is 10.5 Å². The van der Waals surface area contributed by atoms with Crippen molar-refractivity contribution in [3.8, 4) is 0 Å². The van der Waals surface area contributed by atoms with Crippen molar-refractivity contribution in [2.75, 3.05) is 0 Å². The van der Waals surface area contributed by atoms with E-state index >= 15 is 0 Å². The van der Waals surface area contributed by atoms with Gasteiger partial charge in [-0.3, -0.25) is 0 Å². The van der Waals surface area contributed by atoms with Crippen LogP contribution >= 0.6 is 15.9 Å². The number of nitrogens with two attached hydrogens (primary N) is 1. The summed E-state index contributed by atoms with van der Waals surface area (Å²) in [5, 5.41) is 0. The molecule has 0 aliphatic rings. The summed E-state index contributed by atoms with van der Waals surface area (Å²) in [7, 11) is 0. The third-order valence-electron chi connectivity index (χ3n) is 3.16. The number of halogens is 1. The molecule has 0 heterocycles. The molecule has 0 bridgehead atoms. The van der Waals surface area contributed by atoms with Gasteiger partial charge in [-0.05, 0) is 37.0 Å². The summed E-state index contributed by atoms with van der Waals surface area (Å²) in [6.07, 6.45) is 0.865. The van der Waals surface area contributed by atoms with E-state index in [-0.39, 0.29) is 6.04 Å². The molecule has 0 saturated carbocycles. The molecule has 2 N–H and O–H groups in total. The summed E-state index contributed by atoms with van der Waals surface area (Å²) < 4.78 is 1.13. The van der Waals surface area contributed by atoms with Crippen molar-refractivity contribution in [2.24, 2.45) is 5.73 Å². The lowest BCUT2D eigenvalue weighted by Crippen LogP contribution is -2.14. The van der Waals surface area contributed by atoms with Crippen LogP contribution in [0.1, 0.15) is 28.3 Å². The topological polar surface area (TPSA) is 26.0 Å². The summed E-state index contributed by atoms with van der Waals surface area (Å²) in [6.45, 7) is 4.20. The number of rotatable bonds is 3. The first-order chi connectivity index (χ1) is 8.58. The van der Waals surface area contributed by atoms with Crippen LogP contribution in [0.5, 0.6) is 0 Å². The van der Waals surface area contributed by atoms with Crippen LogP contribution in [-0.2, 0) is 6.42 Å². The molecule has 2 heteroatoms. The van der Waals surface area contributed by atoms with Gasteiger partial charge in [-0.2, -0.15) is 0 Å². The van der Waals surface area contributed by atoms with E-state index in [4.69, 9.17) is 5.73 Å². The van der Waals surface area contributed by atoms with Crippen molar-refractivity contribution in [2.45, 2.75) is 26.3 Å². The minimum absolute atomic E-state index is 0.0288. The fraction of sp³-hybridized carbons (Fsp3) is 0.250. The number of aryl methyl sites for hydroxylation is 2. The molecule has 18 heavy (non-hydrogen) atoms. The molecule has 0 spiro atoms. The van der Waals surface area contributed by atoms with Gasteiger partial charge in [-0.15, -0.1) is 0 Å². The molecule has 2 rings (SSSR count). The first-order valence-electron chi connectivity index (χ1n) is 6.14. The molecule has 1 unspecified atom stereocenters. The van der Waals surface area contributed by atoms with Crippen molar-refractivity contribution in [3.05, 3.63) is 69.2 Å². The SMILES string of the molecule is Cc1cccc(CC(N)c2cccc(C)c2Br)c1. The third-order valence-corrected chi connectivity index (χ3v) is 4.24. The third kappa shape index (κ3) is 3.01. The maximum atomic E-state index is 6.32. The van der Waals surface area contributed by atoms with Gasteiger partial charge in [-0.1, -0.05) is 64.0 Å².